The van der Waals surface area contributed by atoms with E-state index in [1.807, 2.05) is 0 Å². The molecule has 1 rings (SSSR count). The highest BCUT2D eigenvalue weighted by Gasteiger charge is 2.24. The van der Waals surface area contributed by atoms with Crippen molar-refractivity contribution in [2.75, 3.05) is 13.1 Å². The second kappa shape index (κ2) is 6.64. The summed E-state index contributed by atoms with van der Waals surface area (Å²) in [4.78, 5) is 47.9. The second-order valence-electron chi connectivity index (χ2n) is 4.44. The molecule has 0 saturated heterocycles. The van der Waals surface area contributed by atoms with Crippen LogP contribution in [0.25, 0.3) is 0 Å². The van der Waals surface area contributed by atoms with Gasteiger partial charge >= 0.3 is 5.97 Å². The lowest BCUT2D eigenvalue weighted by atomic mass is 10.1. The van der Waals surface area contributed by atoms with E-state index in [1.54, 1.807) is 6.92 Å². The van der Waals surface area contributed by atoms with E-state index < -0.39 is 34.0 Å². The van der Waals surface area contributed by atoms with E-state index in [4.69, 9.17) is 5.11 Å². The van der Waals surface area contributed by atoms with Crippen molar-refractivity contribution in [2.24, 2.45) is 5.92 Å². The van der Waals surface area contributed by atoms with Gasteiger partial charge in [-0.1, -0.05) is 6.92 Å². The first-order valence-electron chi connectivity index (χ1n) is 6.17. The number of carbonyl (C=O) groups is 2. The molecule has 2 N–H and O–H groups in total. The molecule has 0 radical (unpaired) electrons. The van der Waals surface area contributed by atoms with Crippen LogP contribution in [-0.2, 0) is 4.79 Å². The third-order valence-electron chi connectivity index (χ3n) is 2.91. The van der Waals surface area contributed by atoms with E-state index in [-0.39, 0.29) is 18.7 Å². The summed E-state index contributed by atoms with van der Waals surface area (Å²) in [6, 6.07) is 0.884. The van der Waals surface area contributed by atoms with E-state index in [2.05, 4.69) is 4.98 Å². The zero-order valence-electron chi connectivity index (χ0n) is 11.5. The summed E-state index contributed by atoms with van der Waals surface area (Å²) in [6.45, 7) is 3.14. The molecule has 0 bridgehead atoms. The summed E-state index contributed by atoms with van der Waals surface area (Å²) in [6.07, 6.45) is 0.898. The molecule has 1 atom stereocenters. The largest absolute Gasteiger partial charge is 0.481 e. The van der Waals surface area contributed by atoms with Crippen LogP contribution in [0.5, 0.6) is 0 Å². The van der Waals surface area contributed by atoms with Gasteiger partial charge in [0.2, 0.25) is 0 Å². The molecule has 0 fully saturated rings. The number of amides is 1. The monoisotopic (exact) mass is 297 g/mol. The maximum absolute atomic E-state index is 12.2. The van der Waals surface area contributed by atoms with E-state index >= 15 is 0 Å². The topological polar surface area (TPSA) is 134 Å². The molecule has 1 heterocycles. The predicted molar refractivity (Wildman–Crippen MR) is 72.1 cm³/mol. The van der Waals surface area contributed by atoms with Crippen molar-refractivity contribution < 1.29 is 19.6 Å². The van der Waals surface area contributed by atoms with Gasteiger partial charge in [0.25, 0.3) is 17.2 Å². The lowest BCUT2D eigenvalue weighted by molar-refractivity contribution is -0.385. The Balaban J connectivity index is 3.10. The molecule has 9 heteroatoms. The minimum absolute atomic E-state index is 0.0905. The Hall–Kier alpha value is -2.71. The van der Waals surface area contributed by atoms with E-state index in [0.29, 0.717) is 0 Å². The van der Waals surface area contributed by atoms with Crippen molar-refractivity contribution in [2.45, 2.75) is 13.8 Å². The number of rotatable bonds is 6. The molecule has 0 aliphatic rings. The molecule has 1 aromatic heterocycles. The van der Waals surface area contributed by atoms with Crippen LogP contribution in [0.1, 0.15) is 24.2 Å². The van der Waals surface area contributed by atoms with Gasteiger partial charge in [0, 0.05) is 19.2 Å². The quantitative estimate of drug-likeness (QED) is 0.579. The van der Waals surface area contributed by atoms with Gasteiger partial charge < -0.3 is 15.0 Å². The van der Waals surface area contributed by atoms with Gasteiger partial charge in [-0.05, 0) is 6.92 Å². The minimum Gasteiger partial charge on any atom is -0.481 e. The molecule has 0 spiro atoms. The van der Waals surface area contributed by atoms with Crippen molar-refractivity contribution in [3.63, 3.8) is 0 Å². The summed E-state index contributed by atoms with van der Waals surface area (Å²) in [5, 5.41) is 19.5. The van der Waals surface area contributed by atoms with Crippen LogP contribution in [-0.4, -0.2) is 44.9 Å². The maximum Gasteiger partial charge on any atom is 0.308 e. The molecule has 0 aliphatic heterocycles. The number of aromatic amines is 1. The Morgan fingerprint density at radius 3 is 2.62 bits per heavy atom. The highest BCUT2D eigenvalue weighted by atomic mass is 16.6. The van der Waals surface area contributed by atoms with Gasteiger partial charge in [-0.15, -0.1) is 0 Å². The van der Waals surface area contributed by atoms with Crippen LogP contribution in [0.4, 0.5) is 5.69 Å². The van der Waals surface area contributed by atoms with Crippen molar-refractivity contribution >= 4 is 17.6 Å². The molecule has 0 saturated carbocycles. The number of hydrogen-bond acceptors (Lipinski definition) is 5. The van der Waals surface area contributed by atoms with Gasteiger partial charge in [-0.25, -0.2) is 0 Å². The van der Waals surface area contributed by atoms with Crippen LogP contribution < -0.4 is 5.56 Å². The van der Waals surface area contributed by atoms with Crippen molar-refractivity contribution in [1.82, 2.24) is 9.88 Å². The molecule has 9 nitrogen and oxygen atoms in total. The Kier molecular flexibility index (Phi) is 5.17. The Morgan fingerprint density at radius 2 is 2.14 bits per heavy atom. The van der Waals surface area contributed by atoms with Crippen LogP contribution in [0, 0.1) is 16.0 Å². The number of pyridine rings is 1. The minimum atomic E-state index is -1.07. The van der Waals surface area contributed by atoms with Crippen LogP contribution >= 0.6 is 0 Å². The molecule has 1 unspecified atom stereocenters. The Morgan fingerprint density at radius 1 is 1.52 bits per heavy atom. The average molecular weight is 297 g/mol. The zero-order chi connectivity index (χ0) is 16.2. The smallest absolute Gasteiger partial charge is 0.308 e. The number of carboxylic acid groups (broad SMARTS) is 1. The maximum atomic E-state index is 12.2. The van der Waals surface area contributed by atoms with Gasteiger partial charge in [0.05, 0.1) is 17.0 Å². The molecule has 21 heavy (non-hydrogen) atoms. The lowest BCUT2D eigenvalue weighted by Gasteiger charge is -2.22. The fourth-order valence-corrected chi connectivity index (χ4v) is 1.67. The first kappa shape index (κ1) is 16.3. The highest BCUT2D eigenvalue weighted by Crippen LogP contribution is 2.11. The fraction of sp³-hybridized carbons (Fsp3) is 0.417. The highest BCUT2D eigenvalue weighted by molar-refractivity contribution is 5.94. The van der Waals surface area contributed by atoms with Crippen molar-refractivity contribution in [3.05, 3.63) is 38.3 Å². The number of nitrogens with zero attached hydrogens (tertiary/aromatic N) is 2. The first-order chi connectivity index (χ1) is 9.77. The molecular weight excluding hydrogens is 282 g/mol. The second-order valence-corrected chi connectivity index (χ2v) is 4.44. The molecule has 0 aromatic carbocycles. The number of nitro groups is 1. The van der Waals surface area contributed by atoms with Crippen LogP contribution in [0.15, 0.2) is 17.1 Å². The number of aromatic nitrogens is 1. The molecule has 0 aliphatic carbocycles. The molecular formula is C12H15N3O6. The van der Waals surface area contributed by atoms with Crippen molar-refractivity contribution in [3.8, 4) is 0 Å². The van der Waals surface area contributed by atoms with E-state index in [0.717, 1.165) is 17.2 Å². The third-order valence-corrected chi connectivity index (χ3v) is 2.91. The number of aliphatic carboxylic acids is 1. The first-order valence-corrected chi connectivity index (χ1v) is 6.17. The van der Waals surface area contributed by atoms with E-state index in [1.165, 1.54) is 6.92 Å². The number of nitrogens with one attached hydrogen (secondary N) is 1. The molecule has 114 valence electrons. The standard InChI is InChI=1S/C12H15N3O6/c1-3-14(6-7(2)12(18)19)11(17)9-4-8(15(20)21)5-13-10(9)16/h4-5,7H,3,6H2,1-2H3,(H,13,16)(H,18,19). The van der Waals surface area contributed by atoms with Gasteiger partial charge in [-0.3, -0.25) is 24.5 Å². The van der Waals surface area contributed by atoms with Gasteiger partial charge in [0.1, 0.15) is 5.56 Å². The van der Waals surface area contributed by atoms with E-state index in [9.17, 15) is 24.5 Å². The summed E-state index contributed by atoms with van der Waals surface area (Å²) >= 11 is 0. The summed E-state index contributed by atoms with van der Waals surface area (Å²) in [7, 11) is 0. The summed E-state index contributed by atoms with van der Waals surface area (Å²) in [5.74, 6) is -2.63. The number of carbonyl (C=O) groups excluding carboxylic acids is 1. The average Bonchev–Trinajstić information content (AvgIpc) is 2.43. The number of H-pyrrole nitrogens is 1. The Labute approximate surface area is 119 Å². The fourth-order valence-electron chi connectivity index (χ4n) is 1.67. The summed E-state index contributed by atoms with van der Waals surface area (Å²) < 4.78 is 0. The third kappa shape index (κ3) is 3.88. The number of carboxylic acids is 1. The van der Waals surface area contributed by atoms with Crippen LogP contribution in [0.2, 0.25) is 0 Å². The van der Waals surface area contributed by atoms with Gasteiger partial charge in [-0.2, -0.15) is 0 Å². The SMILES string of the molecule is CCN(CC(C)C(=O)O)C(=O)c1cc([N+](=O)[O-])c[nH]c1=O. The summed E-state index contributed by atoms with van der Waals surface area (Å²) in [5.41, 5.74) is -1.56. The Bertz CT molecular complexity index is 624. The van der Waals surface area contributed by atoms with Gasteiger partial charge in [0.15, 0.2) is 0 Å². The van der Waals surface area contributed by atoms with Crippen molar-refractivity contribution in [1.29, 1.82) is 0 Å². The molecule has 1 amide bonds. The lowest BCUT2D eigenvalue weighted by Crippen LogP contribution is -2.39. The normalized spacial score (nSPS) is 11.7. The van der Waals surface area contributed by atoms with Crippen LogP contribution in [0.3, 0.4) is 0 Å². The number of hydrogen-bond donors (Lipinski definition) is 2. The zero-order valence-corrected chi connectivity index (χ0v) is 11.5. The predicted octanol–water partition coefficient (Wildman–Crippen LogP) is 0.466. The molecule has 1 aromatic rings.